The molecule has 0 aromatic heterocycles. The van der Waals surface area contributed by atoms with E-state index in [0.29, 0.717) is 0 Å². The van der Waals surface area contributed by atoms with E-state index in [2.05, 4.69) is 0 Å². The first-order valence-corrected chi connectivity index (χ1v) is 7.56. The van der Waals surface area contributed by atoms with Gasteiger partial charge in [-0.05, 0) is 19.1 Å². The van der Waals surface area contributed by atoms with Gasteiger partial charge < -0.3 is 18.9 Å². The molecule has 8 heteroatoms. The quantitative estimate of drug-likeness (QED) is 0.426. The number of hydrogen-bond acceptors (Lipinski definition) is 8. The van der Waals surface area contributed by atoms with Crippen molar-refractivity contribution in [3.63, 3.8) is 0 Å². The van der Waals surface area contributed by atoms with Crippen LogP contribution in [-0.2, 0) is 38.1 Å². The molecule has 1 aliphatic heterocycles. The first-order valence-electron chi connectivity index (χ1n) is 7.56. The van der Waals surface area contributed by atoms with Gasteiger partial charge in [-0.25, -0.2) is 0 Å². The Bertz CT molecular complexity index is 524. The molecule has 0 aliphatic carbocycles. The first-order chi connectivity index (χ1) is 11.2. The van der Waals surface area contributed by atoms with Gasteiger partial charge in [0, 0.05) is 27.2 Å². The van der Waals surface area contributed by atoms with Gasteiger partial charge in [-0.1, -0.05) is 0 Å². The summed E-state index contributed by atoms with van der Waals surface area (Å²) in [7, 11) is 0. The molecular weight excluding hydrogens is 320 g/mol. The van der Waals surface area contributed by atoms with Crippen molar-refractivity contribution in [1.29, 1.82) is 0 Å². The zero-order valence-electron chi connectivity index (χ0n) is 14.1. The van der Waals surface area contributed by atoms with Gasteiger partial charge in [0.15, 0.2) is 12.2 Å². The number of carbonyl (C=O) groups is 4. The summed E-state index contributed by atoms with van der Waals surface area (Å²) < 4.78 is 20.5. The fourth-order valence-electron chi connectivity index (χ4n) is 2.29. The van der Waals surface area contributed by atoms with Crippen molar-refractivity contribution in [2.45, 2.75) is 65.0 Å². The second-order valence-electron chi connectivity index (χ2n) is 5.50. The van der Waals surface area contributed by atoms with Gasteiger partial charge in [0.25, 0.3) is 0 Å². The summed E-state index contributed by atoms with van der Waals surface area (Å²) in [6.07, 6.45) is -0.218. The molecule has 0 saturated heterocycles. The lowest BCUT2D eigenvalue weighted by atomic mass is 10.1. The van der Waals surface area contributed by atoms with Crippen LogP contribution in [0.25, 0.3) is 0 Å². The van der Waals surface area contributed by atoms with Crippen molar-refractivity contribution in [3.8, 4) is 0 Å². The van der Waals surface area contributed by atoms with Crippen molar-refractivity contribution in [3.05, 3.63) is 12.2 Å². The molecular formula is C16H22O8. The third-order valence-electron chi connectivity index (χ3n) is 3.08. The molecule has 0 aromatic rings. The minimum atomic E-state index is -1.03. The maximum atomic E-state index is 12.0. The summed E-state index contributed by atoms with van der Waals surface area (Å²) in [5.74, 6) is -2.34. The highest BCUT2D eigenvalue weighted by atomic mass is 16.6. The lowest BCUT2D eigenvalue weighted by Crippen LogP contribution is -2.37. The van der Waals surface area contributed by atoms with Crippen LogP contribution in [0.1, 0.15) is 40.5 Å². The van der Waals surface area contributed by atoms with Gasteiger partial charge in [0.1, 0.15) is 12.2 Å². The van der Waals surface area contributed by atoms with Gasteiger partial charge in [0.05, 0.1) is 6.42 Å². The highest BCUT2D eigenvalue weighted by Crippen LogP contribution is 2.18. The normalized spacial score (nSPS) is 27.6. The first kappa shape index (κ1) is 19.7. The van der Waals surface area contributed by atoms with Crippen LogP contribution in [0.3, 0.4) is 0 Å². The molecule has 0 N–H and O–H groups in total. The van der Waals surface area contributed by atoms with E-state index >= 15 is 0 Å². The van der Waals surface area contributed by atoms with E-state index in [1.165, 1.54) is 32.9 Å². The molecule has 0 bridgehead atoms. The zero-order valence-corrected chi connectivity index (χ0v) is 14.1. The van der Waals surface area contributed by atoms with Crippen molar-refractivity contribution in [2.24, 2.45) is 0 Å². The molecule has 0 aromatic carbocycles. The molecule has 0 amide bonds. The Hall–Kier alpha value is -2.38. The maximum Gasteiger partial charge on any atom is 0.309 e. The van der Waals surface area contributed by atoms with E-state index < -0.39 is 48.3 Å². The molecule has 4 unspecified atom stereocenters. The molecule has 24 heavy (non-hydrogen) atoms. The smallest absolute Gasteiger partial charge is 0.309 e. The van der Waals surface area contributed by atoms with E-state index in [4.69, 9.17) is 18.9 Å². The number of ether oxygens (including phenoxy) is 4. The molecule has 1 aliphatic rings. The second kappa shape index (κ2) is 9.05. The van der Waals surface area contributed by atoms with Crippen LogP contribution >= 0.6 is 0 Å². The second-order valence-corrected chi connectivity index (χ2v) is 5.50. The average molecular weight is 342 g/mol. The third kappa shape index (κ3) is 7.26. The van der Waals surface area contributed by atoms with Crippen LogP contribution in [-0.4, -0.2) is 48.3 Å². The number of esters is 4. The summed E-state index contributed by atoms with van der Waals surface area (Å²) in [6, 6.07) is 0. The van der Waals surface area contributed by atoms with E-state index in [9.17, 15) is 19.2 Å². The molecule has 1 rings (SSSR count). The molecule has 0 saturated carbocycles. The lowest BCUT2D eigenvalue weighted by Gasteiger charge is -2.27. The molecule has 0 fully saturated rings. The Balaban J connectivity index is 3.11. The van der Waals surface area contributed by atoms with Gasteiger partial charge in [0.2, 0.25) is 0 Å². The third-order valence-corrected chi connectivity index (χ3v) is 3.08. The Morgan fingerprint density at radius 3 is 2.12 bits per heavy atom. The summed E-state index contributed by atoms with van der Waals surface area (Å²) >= 11 is 0. The van der Waals surface area contributed by atoms with Crippen LogP contribution in [0.4, 0.5) is 0 Å². The molecule has 134 valence electrons. The Labute approximate surface area is 140 Å². The Morgan fingerprint density at radius 1 is 1.00 bits per heavy atom. The lowest BCUT2D eigenvalue weighted by molar-refractivity contribution is -0.169. The van der Waals surface area contributed by atoms with E-state index in [0.717, 1.165) is 0 Å². The Kier molecular flexibility index (Phi) is 7.41. The van der Waals surface area contributed by atoms with Crippen LogP contribution in [0.2, 0.25) is 0 Å². The molecule has 8 nitrogen and oxygen atoms in total. The van der Waals surface area contributed by atoms with Gasteiger partial charge in [-0.15, -0.1) is 0 Å². The number of rotatable bonds is 3. The van der Waals surface area contributed by atoms with E-state index in [1.54, 1.807) is 6.92 Å². The van der Waals surface area contributed by atoms with Crippen LogP contribution < -0.4 is 0 Å². The highest BCUT2D eigenvalue weighted by Gasteiger charge is 2.31. The summed E-state index contributed by atoms with van der Waals surface area (Å²) in [6.45, 7) is 5.30. The monoisotopic (exact) mass is 342 g/mol. The zero-order chi connectivity index (χ0) is 18.3. The van der Waals surface area contributed by atoms with Gasteiger partial charge in [-0.3, -0.25) is 19.2 Å². The van der Waals surface area contributed by atoms with E-state index in [-0.39, 0.29) is 12.8 Å². The highest BCUT2D eigenvalue weighted by molar-refractivity contribution is 5.72. The van der Waals surface area contributed by atoms with Crippen molar-refractivity contribution in [2.75, 3.05) is 0 Å². The van der Waals surface area contributed by atoms with E-state index in [1.807, 2.05) is 0 Å². The van der Waals surface area contributed by atoms with Gasteiger partial charge in [-0.2, -0.15) is 0 Å². The molecule has 1 heterocycles. The summed E-state index contributed by atoms with van der Waals surface area (Å²) in [5, 5.41) is 0. The topological polar surface area (TPSA) is 105 Å². The fourth-order valence-corrected chi connectivity index (χ4v) is 2.29. The number of carbonyl (C=O) groups excluding carboxylic acids is 4. The van der Waals surface area contributed by atoms with Crippen LogP contribution in [0, 0.1) is 0 Å². The molecule has 4 atom stereocenters. The summed E-state index contributed by atoms with van der Waals surface area (Å²) in [5.41, 5.74) is 0. The van der Waals surface area contributed by atoms with Crippen molar-refractivity contribution >= 4 is 23.9 Å². The van der Waals surface area contributed by atoms with Crippen LogP contribution in [0.15, 0.2) is 12.2 Å². The minimum absolute atomic E-state index is 0.257. The fraction of sp³-hybridized carbons (Fsp3) is 0.625. The largest absolute Gasteiger partial charge is 0.462 e. The maximum absolute atomic E-state index is 12.0. The SMILES string of the molecule is CC(=O)OC1C=CC(OC(C)=O)C(OC(C)=O)CC(=O)OC(C)C1. The van der Waals surface area contributed by atoms with Crippen LogP contribution in [0.5, 0.6) is 0 Å². The van der Waals surface area contributed by atoms with Crippen molar-refractivity contribution in [1.82, 2.24) is 0 Å². The predicted octanol–water partition coefficient (Wildman–Crippen LogP) is 1.06. The number of hydrogen-bond donors (Lipinski definition) is 0. The van der Waals surface area contributed by atoms with Gasteiger partial charge >= 0.3 is 23.9 Å². The molecule has 0 radical (unpaired) electrons. The standard InChI is InChI=1S/C16H22O8/c1-9-7-13(22-10(2)17)5-6-14(23-11(3)18)15(24-12(4)19)8-16(20)21-9/h5-6,9,13-15H,7-8H2,1-4H3. The average Bonchev–Trinajstić information content (AvgIpc) is 2.39. The summed E-state index contributed by atoms with van der Waals surface area (Å²) in [4.78, 5) is 45.7. The molecule has 0 spiro atoms. The van der Waals surface area contributed by atoms with Crippen molar-refractivity contribution < 1.29 is 38.1 Å². The minimum Gasteiger partial charge on any atom is -0.462 e. The predicted molar refractivity (Wildman–Crippen MR) is 80.6 cm³/mol. The Morgan fingerprint density at radius 2 is 1.58 bits per heavy atom. The number of cyclic esters (lactones) is 1.